The Kier molecular flexibility index (Phi) is 4.51. The van der Waals surface area contributed by atoms with E-state index in [0.717, 1.165) is 71.2 Å². The van der Waals surface area contributed by atoms with Gasteiger partial charge in [-0.15, -0.1) is 0 Å². The molecule has 0 saturated carbocycles. The number of carbonyl (C=O) groups is 2. The molecule has 0 atom stereocenters. The molecule has 146 valence electrons. The molecule has 5 rings (SSSR count). The summed E-state index contributed by atoms with van der Waals surface area (Å²) in [7, 11) is 0. The Bertz CT molecular complexity index is 1120. The van der Waals surface area contributed by atoms with Crippen molar-refractivity contribution in [2.24, 2.45) is 0 Å². The highest BCUT2D eigenvalue weighted by atomic mass is 16.2. The fraction of sp³-hybridized carbons (Fsp3) is 0.292. The molecular weight excluding hydrogens is 362 g/mol. The minimum atomic E-state index is -0.0869. The number of pyridine rings is 1. The number of para-hydroxylation sites is 1. The van der Waals surface area contributed by atoms with Gasteiger partial charge in [0.2, 0.25) is 5.91 Å². The number of fused-ring (bicyclic) bond motifs is 2. The van der Waals surface area contributed by atoms with Crippen LogP contribution in [0.2, 0.25) is 0 Å². The maximum atomic E-state index is 13.3. The summed E-state index contributed by atoms with van der Waals surface area (Å²) in [6.07, 6.45) is 4.43. The summed E-state index contributed by atoms with van der Waals surface area (Å²) in [5.41, 5.74) is 5.55. The van der Waals surface area contributed by atoms with E-state index in [1.54, 1.807) is 0 Å². The van der Waals surface area contributed by atoms with Crippen LogP contribution < -0.4 is 5.32 Å². The van der Waals surface area contributed by atoms with E-state index in [1.807, 2.05) is 53.4 Å². The average molecular weight is 385 g/mol. The third kappa shape index (κ3) is 3.37. The lowest BCUT2D eigenvalue weighted by Crippen LogP contribution is -2.23. The molecule has 2 heterocycles. The second kappa shape index (κ2) is 7.32. The molecule has 0 radical (unpaired) electrons. The number of hydrogen-bond acceptors (Lipinski definition) is 3. The van der Waals surface area contributed by atoms with Gasteiger partial charge in [0.15, 0.2) is 0 Å². The van der Waals surface area contributed by atoms with Crippen molar-refractivity contribution in [3.63, 3.8) is 0 Å². The number of amides is 2. The van der Waals surface area contributed by atoms with Gasteiger partial charge in [0, 0.05) is 36.3 Å². The summed E-state index contributed by atoms with van der Waals surface area (Å²) >= 11 is 0. The topological polar surface area (TPSA) is 62.3 Å². The molecule has 5 heteroatoms. The predicted octanol–water partition coefficient (Wildman–Crippen LogP) is 4.10. The Morgan fingerprint density at radius 2 is 1.93 bits per heavy atom. The first kappa shape index (κ1) is 17.9. The minimum absolute atomic E-state index is 0.0869. The van der Waals surface area contributed by atoms with Crippen molar-refractivity contribution in [1.82, 2.24) is 9.88 Å². The van der Waals surface area contributed by atoms with Crippen molar-refractivity contribution in [3.8, 4) is 0 Å². The highest BCUT2D eigenvalue weighted by Crippen LogP contribution is 2.30. The first-order chi connectivity index (χ1) is 14.2. The van der Waals surface area contributed by atoms with Gasteiger partial charge in [-0.05, 0) is 55.0 Å². The van der Waals surface area contributed by atoms with Crippen molar-refractivity contribution in [1.29, 1.82) is 0 Å². The Balaban J connectivity index is 1.44. The Hall–Kier alpha value is -3.21. The molecule has 1 N–H and O–H groups in total. The van der Waals surface area contributed by atoms with Crippen molar-refractivity contribution < 1.29 is 9.59 Å². The normalized spacial score (nSPS) is 15.7. The molecule has 29 heavy (non-hydrogen) atoms. The molecule has 0 bridgehead atoms. The number of hydrogen-bond donors (Lipinski definition) is 1. The predicted molar refractivity (Wildman–Crippen MR) is 113 cm³/mol. The zero-order valence-electron chi connectivity index (χ0n) is 16.3. The molecule has 0 spiro atoms. The summed E-state index contributed by atoms with van der Waals surface area (Å²) in [4.78, 5) is 31.8. The van der Waals surface area contributed by atoms with Gasteiger partial charge in [-0.25, -0.2) is 0 Å². The zero-order valence-corrected chi connectivity index (χ0v) is 16.3. The monoisotopic (exact) mass is 385 g/mol. The van der Waals surface area contributed by atoms with Crippen LogP contribution in [0.3, 0.4) is 0 Å². The summed E-state index contributed by atoms with van der Waals surface area (Å²) in [6.45, 7) is 1.40. The van der Waals surface area contributed by atoms with E-state index in [4.69, 9.17) is 4.98 Å². The van der Waals surface area contributed by atoms with Crippen LogP contribution in [-0.4, -0.2) is 28.2 Å². The van der Waals surface area contributed by atoms with Crippen molar-refractivity contribution in [3.05, 3.63) is 70.9 Å². The molecule has 1 fully saturated rings. The number of anilines is 1. The number of nitrogens with zero attached hydrogens (tertiary/aromatic N) is 2. The number of rotatable bonds is 4. The van der Waals surface area contributed by atoms with Crippen LogP contribution in [0.4, 0.5) is 5.69 Å². The maximum absolute atomic E-state index is 13.3. The van der Waals surface area contributed by atoms with E-state index in [1.165, 1.54) is 0 Å². The average Bonchev–Trinajstić information content (AvgIpc) is 3.35. The van der Waals surface area contributed by atoms with Crippen molar-refractivity contribution >= 4 is 28.4 Å². The number of aromatic nitrogens is 1. The summed E-state index contributed by atoms with van der Waals surface area (Å²) in [5, 5.41) is 3.99. The van der Waals surface area contributed by atoms with Gasteiger partial charge in [0.25, 0.3) is 5.91 Å². The molecule has 0 unspecified atom stereocenters. The summed E-state index contributed by atoms with van der Waals surface area (Å²) < 4.78 is 0. The Morgan fingerprint density at radius 1 is 1.03 bits per heavy atom. The van der Waals surface area contributed by atoms with Gasteiger partial charge in [0.1, 0.15) is 0 Å². The third-order valence-corrected chi connectivity index (χ3v) is 5.88. The van der Waals surface area contributed by atoms with Gasteiger partial charge >= 0.3 is 0 Å². The lowest BCUT2D eigenvalue weighted by Gasteiger charge is -2.17. The Morgan fingerprint density at radius 3 is 2.79 bits per heavy atom. The zero-order chi connectivity index (χ0) is 19.8. The molecule has 2 amide bonds. The lowest BCUT2D eigenvalue weighted by atomic mass is 10.0. The highest BCUT2D eigenvalue weighted by molar-refractivity contribution is 6.13. The first-order valence-corrected chi connectivity index (χ1v) is 10.3. The highest BCUT2D eigenvalue weighted by Gasteiger charge is 2.24. The van der Waals surface area contributed by atoms with E-state index in [-0.39, 0.29) is 11.8 Å². The van der Waals surface area contributed by atoms with E-state index in [2.05, 4.69) is 5.32 Å². The molecule has 2 aliphatic rings. The molecule has 1 aromatic heterocycles. The molecule has 5 nitrogen and oxygen atoms in total. The second-order valence-corrected chi connectivity index (χ2v) is 7.86. The number of likely N-dealkylation sites (tertiary alicyclic amines) is 1. The van der Waals surface area contributed by atoms with E-state index in [0.29, 0.717) is 13.0 Å². The number of carbonyl (C=O) groups excluding carboxylic acids is 2. The molecule has 3 aromatic rings. The quantitative estimate of drug-likeness (QED) is 0.736. The molecule has 1 aliphatic heterocycles. The standard InChI is InChI=1S/C24H23N3O2/c28-22-12-5-13-27(22)15-16-6-3-7-17(14-16)25-24(29)23-18-8-1-2-10-20(18)26-21-11-4-9-19(21)23/h1-3,6-8,10,14H,4-5,9,11-13,15H2,(H,25,29). The van der Waals surface area contributed by atoms with Gasteiger partial charge in [-0.2, -0.15) is 0 Å². The molecular formula is C24H23N3O2. The summed E-state index contributed by atoms with van der Waals surface area (Å²) in [6, 6.07) is 15.7. The second-order valence-electron chi connectivity index (χ2n) is 7.86. The van der Waals surface area contributed by atoms with Crippen LogP contribution in [0.25, 0.3) is 10.9 Å². The van der Waals surface area contributed by atoms with Crippen LogP contribution in [0, 0.1) is 0 Å². The maximum Gasteiger partial charge on any atom is 0.256 e. The lowest BCUT2D eigenvalue weighted by molar-refractivity contribution is -0.128. The van der Waals surface area contributed by atoms with Crippen LogP contribution in [-0.2, 0) is 24.2 Å². The first-order valence-electron chi connectivity index (χ1n) is 10.3. The van der Waals surface area contributed by atoms with Gasteiger partial charge in [0.05, 0.1) is 11.1 Å². The SMILES string of the molecule is O=C(Nc1cccc(CN2CCCC2=O)c1)c1c2c(nc3ccccc13)CCC2. The van der Waals surface area contributed by atoms with Gasteiger partial charge < -0.3 is 10.2 Å². The van der Waals surface area contributed by atoms with E-state index in [9.17, 15) is 9.59 Å². The van der Waals surface area contributed by atoms with Crippen LogP contribution in [0.5, 0.6) is 0 Å². The molecule has 1 saturated heterocycles. The van der Waals surface area contributed by atoms with Gasteiger partial charge in [-0.3, -0.25) is 14.6 Å². The molecule has 1 aliphatic carbocycles. The molecule has 2 aromatic carbocycles. The number of nitrogens with one attached hydrogen (secondary N) is 1. The fourth-order valence-electron chi connectivity index (χ4n) is 4.50. The fourth-order valence-corrected chi connectivity index (χ4v) is 4.50. The van der Waals surface area contributed by atoms with Crippen molar-refractivity contribution in [2.75, 3.05) is 11.9 Å². The minimum Gasteiger partial charge on any atom is -0.338 e. The third-order valence-electron chi connectivity index (χ3n) is 5.88. The van der Waals surface area contributed by atoms with Crippen LogP contribution >= 0.6 is 0 Å². The van der Waals surface area contributed by atoms with Gasteiger partial charge in [-0.1, -0.05) is 30.3 Å². The van der Waals surface area contributed by atoms with E-state index < -0.39 is 0 Å². The van der Waals surface area contributed by atoms with E-state index >= 15 is 0 Å². The largest absolute Gasteiger partial charge is 0.338 e. The summed E-state index contributed by atoms with van der Waals surface area (Å²) in [5.74, 6) is 0.120. The van der Waals surface area contributed by atoms with Crippen LogP contribution in [0.1, 0.15) is 46.4 Å². The number of aryl methyl sites for hydroxylation is 1. The number of benzene rings is 2. The smallest absolute Gasteiger partial charge is 0.256 e. The van der Waals surface area contributed by atoms with Crippen LogP contribution in [0.15, 0.2) is 48.5 Å². The Labute approximate surface area is 169 Å². The van der Waals surface area contributed by atoms with Crippen molar-refractivity contribution in [2.45, 2.75) is 38.6 Å².